The Labute approximate surface area is 163 Å². The van der Waals surface area contributed by atoms with Crippen LogP contribution in [0.1, 0.15) is 32.6 Å². The molecule has 0 saturated carbocycles. The highest BCUT2D eigenvalue weighted by Crippen LogP contribution is 2.37. The van der Waals surface area contributed by atoms with Gasteiger partial charge in [-0.15, -0.1) is 0 Å². The lowest BCUT2D eigenvalue weighted by Crippen LogP contribution is -2.51. The summed E-state index contributed by atoms with van der Waals surface area (Å²) in [6.07, 6.45) is 1.35. The number of hydrogen-bond acceptors (Lipinski definition) is 2. The molecule has 1 atom stereocenters. The predicted molar refractivity (Wildman–Crippen MR) is 108 cm³/mol. The van der Waals surface area contributed by atoms with Crippen LogP contribution in [0.15, 0.2) is 66.7 Å². The molecule has 1 aliphatic heterocycles. The van der Waals surface area contributed by atoms with Crippen molar-refractivity contribution in [2.24, 2.45) is 5.73 Å². The number of primary amides is 1. The molecule has 2 amide bonds. The fourth-order valence-corrected chi connectivity index (χ4v) is 4.41. The first-order chi connectivity index (χ1) is 13.6. The van der Waals surface area contributed by atoms with Crippen LogP contribution >= 0.6 is 0 Å². The van der Waals surface area contributed by atoms with Crippen molar-refractivity contribution in [1.29, 1.82) is 0 Å². The van der Waals surface area contributed by atoms with Gasteiger partial charge in [0.05, 0.1) is 0 Å². The molecule has 28 heavy (non-hydrogen) atoms. The van der Waals surface area contributed by atoms with Crippen molar-refractivity contribution in [3.05, 3.63) is 94.5 Å². The van der Waals surface area contributed by atoms with Gasteiger partial charge >= 0.3 is 0 Å². The van der Waals surface area contributed by atoms with Gasteiger partial charge in [-0.1, -0.05) is 54.6 Å². The molecule has 2 N–H and O–H groups in total. The molecule has 0 radical (unpaired) electrons. The van der Waals surface area contributed by atoms with Crippen LogP contribution in [0, 0.1) is 0 Å². The molecule has 5 rings (SSSR count). The second-order valence-electron chi connectivity index (χ2n) is 7.53. The summed E-state index contributed by atoms with van der Waals surface area (Å²) in [5.74, 6) is -0.611. The molecule has 0 saturated heterocycles. The predicted octanol–water partition coefficient (Wildman–Crippen LogP) is 3.31. The lowest BCUT2D eigenvalue weighted by molar-refractivity contribution is -0.122. The summed E-state index contributed by atoms with van der Waals surface area (Å²) in [6, 6.07) is 21.4. The molecule has 4 heteroatoms. The normalized spacial score (nSPS) is 16.9. The number of carbonyl (C=O) groups excluding carboxylic acids is 2. The number of hydrogen-bond donors (Lipinski definition) is 1. The number of nitrogens with zero attached hydrogens (tertiary/aromatic N) is 1. The Hall–Kier alpha value is -3.40. The molecule has 2 aliphatic rings. The minimum Gasteiger partial charge on any atom is -0.368 e. The van der Waals surface area contributed by atoms with Crippen molar-refractivity contribution in [3.8, 4) is 11.1 Å². The molecule has 4 nitrogen and oxygen atoms in total. The lowest BCUT2D eigenvalue weighted by atomic mass is 9.92. The van der Waals surface area contributed by atoms with Crippen LogP contribution in [0.3, 0.4) is 0 Å². The number of amides is 2. The number of fused-ring (bicyclic) bond motifs is 4. The van der Waals surface area contributed by atoms with E-state index in [4.69, 9.17) is 5.73 Å². The largest absolute Gasteiger partial charge is 0.368 e. The average Bonchev–Trinajstić information content (AvgIpc) is 3.10. The number of benzene rings is 3. The van der Waals surface area contributed by atoms with Gasteiger partial charge in [0, 0.05) is 18.5 Å². The maximum Gasteiger partial charge on any atom is 0.254 e. The Morgan fingerprint density at radius 1 is 0.821 bits per heavy atom. The number of carbonyl (C=O) groups is 2. The summed E-state index contributed by atoms with van der Waals surface area (Å²) >= 11 is 0. The monoisotopic (exact) mass is 368 g/mol. The molecule has 3 aromatic rings. The van der Waals surface area contributed by atoms with E-state index in [1.165, 1.54) is 16.7 Å². The average molecular weight is 368 g/mol. The van der Waals surface area contributed by atoms with Gasteiger partial charge in [0.25, 0.3) is 5.91 Å². The maximum absolute atomic E-state index is 13.4. The maximum atomic E-state index is 13.4. The van der Waals surface area contributed by atoms with E-state index in [0.29, 0.717) is 18.5 Å². The van der Waals surface area contributed by atoms with E-state index in [-0.39, 0.29) is 5.91 Å². The quantitative estimate of drug-likeness (QED) is 0.590. The van der Waals surface area contributed by atoms with E-state index >= 15 is 0 Å². The van der Waals surface area contributed by atoms with Gasteiger partial charge in [-0.25, -0.2) is 0 Å². The Kier molecular flexibility index (Phi) is 3.79. The van der Waals surface area contributed by atoms with Crippen molar-refractivity contribution in [2.45, 2.75) is 25.4 Å². The summed E-state index contributed by atoms with van der Waals surface area (Å²) in [4.78, 5) is 27.1. The summed E-state index contributed by atoms with van der Waals surface area (Å²) in [5.41, 5.74) is 13.2. The Morgan fingerprint density at radius 3 is 2.29 bits per heavy atom. The first-order valence-corrected chi connectivity index (χ1v) is 9.50. The lowest BCUT2D eigenvalue weighted by Gasteiger charge is -2.35. The standard InChI is InChI=1S/C24H20N2O2/c25-23(27)22-13-15-5-1-2-7-19(15)14-26(22)24(28)18-10-9-17-11-16-6-3-4-8-20(16)21(17)12-18/h1-10,12,22H,11,13-14H2,(H2,25,27)/t22-/m0/s1. The van der Waals surface area contributed by atoms with E-state index in [2.05, 4.69) is 12.1 Å². The van der Waals surface area contributed by atoms with Crippen LogP contribution in [0.5, 0.6) is 0 Å². The topological polar surface area (TPSA) is 63.4 Å². The zero-order chi connectivity index (χ0) is 19.3. The van der Waals surface area contributed by atoms with Gasteiger partial charge in [-0.2, -0.15) is 0 Å². The van der Waals surface area contributed by atoms with E-state index in [9.17, 15) is 9.59 Å². The zero-order valence-corrected chi connectivity index (χ0v) is 15.4. The molecule has 1 heterocycles. The van der Waals surface area contributed by atoms with Crippen LogP contribution in [0.2, 0.25) is 0 Å². The van der Waals surface area contributed by atoms with Crippen molar-refractivity contribution in [1.82, 2.24) is 4.90 Å². The number of rotatable bonds is 2. The molecule has 1 aliphatic carbocycles. The van der Waals surface area contributed by atoms with Crippen LogP contribution < -0.4 is 5.73 Å². The molecule has 3 aromatic carbocycles. The van der Waals surface area contributed by atoms with Crippen molar-refractivity contribution >= 4 is 11.8 Å². The summed E-state index contributed by atoms with van der Waals surface area (Å²) in [5, 5.41) is 0. The van der Waals surface area contributed by atoms with Gasteiger partial charge in [0.15, 0.2) is 0 Å². The zero-order valence-electron chi connectivity index (χ0n) is 15.4. The van der Waals surface area contributed by atoms with Gasteiger partial charge < -0.3 is 10.6 Å². The Bertz CT molecular complexity index is 1120. The Balaban J connectivity index is 1.52. The fourth-order valence-electron chi connectivity index (χ4n) is 4.41. The van der Waals surface area contributed by atoms with E-state index in [1.54, 1.807) is 4.90 Å². The minimum atomic E-state index is -0.622. The van der Waals surface area contributed by atoms with Crippen LogP contribution in [0.4, 0.5) is 0 Å². The first-order valence-electron chi connectivity index (χ1n) is 9.50. The summed E-state index contributed by atoms with van der Waals surface area (Å²) in [6.45, 7) is 0.399. The van der Waals surface area contributed by atoms with Crippen molar-refractivity contribution < 1.29 is 9.59 Å². The first kappa shape index (κ1) is 16.8. The molecular formula is C24H20N2O2. The highest BCUT2D eigenvalue weighted by molar-refractivity contribution is 5.99. The minimum absolute atomic E-state index is 0.148. The number of nitrogens with two attached hydrogens (primary N) is 1. The van der Waals surface area contributed by atoms with E-state index < -0.39 is 11.9 Å². The summed E-state index contributed by atoms with van der Waals surface area (Å²) < 4.78 is 0. The molecule has 138 valence electrons. The third-order valence-electron chi connectivity index (χ3n) is 5.88. The third kappa shape index (κ3) is 2.61. The molecule has 0 spiro atoms. The van der Waals surface area contributed by atoms with Crippen LogP contribution in [0.25, 0.3) is 11.1 Å². The van der Waals surface area contributed by atoms with E-state index in [1.807, 2.05) is 54.6 Å². The van der Waals surface area contributed by atoms with Gasteiger partial charge in [0.1, 0.15) is 6.04 Å². The molecule has 0 unspecified atom stereocenters. The van der Waals surface area contributed by atoms with Gasteiger partial charge in [-0.05, 0) is 51.9 Å². The van der Waals surface area contributed by atoms with Crippen LogP contribution in [-0.2, 0) is 24.2 Å². The fraction of sp³-hybridized carbons (Fsp3) is 0.167. The molecule has 0 aromatic heterocycles. The highest BCUT2D eigenvalue weighted by Gasteiger charge is 2.34. The molecule has 0 fully saturated rings. The van der Waals surface area contributed by atoms with Crippen molar-refractivity contribution in [2.75, 3.05) is 0 Å². The second-order valence-corrected chi connectivity index (χ2v) is 7.53. The Morgan fingerprint density at radius 2 is 1.50 bits per heavy atom. The second kappa shape index (κ2) is 6.34. The smallest absolute Gasteiger partial charge is 0.254 e. The molecular weight excluding hydrogens is 348 g/mol. The highest BCUT2D eigenvalue weighted by atomic mass is 16.2. The third-order valence-corrected chi connectivity index (χ3v) is 5.88. The van der Waals surface area contributed by atoms with E-state index in [0.717, 1.165) is 23.1 Å². The summed E-state index contributed by atoms with van der Waals surface area (Å²) in [7, 11) is 0. The molecule has 0 bridgehead atoms. The van der Waals surface area contributed by atoms with Gasteiger partial charge in [0.2, 0.25) is 5.91 Å². The van der Waals surface area contributed by atoms with Crippen LogP contribution in [-0.4, -0.2) is 22.8 Å². The van der Waals surface area contributed by atoms with Crippen molar-refractivity contribution in [3.63, 3.8) is 0 Å². The van der Waals surface area contributed by atoms with Gasteiger partial charge in [-0.3, -0.25) is 9.59 Å². The SMILES string of the molecule is NC(=O)[C@@H]1Cc2ccccc2CN1C(=O)c1ccc2c(c1)-c1ccccc1C2.